The summed E-state index contributed by atoms with van der Waals surface area (Å²) in [6.45, 7) is 2.73. The van der Waals surface area contributed by atoms with Crippen LogP contribution in [0.1, 0.15) is 18.9 Å². The van der Waals surface area contributed by atoms with Crippen molar-refractivity contribution >= 4 is 34.4 Å². The third kappa shape index (κ3) is 3.03. The minimum atomic E-state index is -0.400. The highest BCUT2D eigenvalue weighted by Crippen LogP contribution is 2.23. The van der Waals surface area contributed by atoms with E-state index in [2.05, 4.69) is 15.3 Å². The number of fused-ring (bicyclic) bond motifs is 1. The Kier molecular flexibility index (Phi) is 4.47. The minimum absolute atomic E-state index is 0.0913. The first kappa shape index (κ1) is 14.2. The van der Waals surface area contributed by atoms with Gasteiger partial charge in [0.25, 0.3) is 5.56 Å². The number of aromatic hydroxyl groups is 1. The van der Waals surface area contributed by atoms with Crippen LogP contribution in [-0.2, 0) is 0 Å². The summed E-state index contributed by atoms with van der Waals surface area (Å²) < 4.78 is 0. The molecule has 1 aromatic heterocycles. The van der Waals surface area contributed by atoms with Crippen molar-refractivity contribution in [3.8, 4) is 5.75 Å². The van der Waals surface area contributed by atoms with Gasteiger partial charge in [-0.3, -0.25) is 4.79 Å². The number of benzene rings is 1. The lowest BCUT2D eigenvalue weighted by molar-refractivity contribution is 0.479. The van der Waals surface area contributed by atoms with Crippen molar-refractivity contribution < 1.29 is 5.11 Å². The van der Waals surface area contributed by atoms with Crippen molar-refractivity contribution in [2.75, 3.05) is 6.54 Å². The maximum Gasteiger partial charge on any atom is 0.261 e. The molecule has 0 radical (unpaired) electrons. The van der Waals surface area contributed by atoms with E-state index in [0.717, 1.165) is 13.0 Å². The summed E-state index contributed by atoms with van der Waals surface area (Å²) in [6.07, 6.45) is 2.21. The average molecular weight is 289 g/mol. The Bertz CT molecular complexity index is 722. The molecule has 104 valence electrons. The molecule has 6 heteroatoms. The fourth-order valence-electron chi connectivity index (χ4n) is 1.76. The molecule has 0 saturated carbocycles. The molecule has 20 heavy (non-hydrogen) atoms. The molecular formula is C14H15N3O2S. The van der Waals surface area contributed by atoms with Gasteiger partial charge in [0.1, 0.15) is 11.3 Å². The first-order chi connectivity index (χ1) is 9.63. The Hall–Kier alpha value is -2.21. The van der Waals surface area contributed by atoms with E-state index in [0.29, 0.717) is 16.0 Å². The Morgan fingerprint density at radius 2 is 2.25 bits per heavy atom. The number of nitrogens with zero attached hydrogens (tertiary/aromatic N) is 1. The number of rotatable bonds is 3. The number of nitrogens with one attached hydrogen (secondary N) is 2. The fourth-order valence-corrected chi connectivity index (χ4v) is 1.92. The van der Waals surface area contributed by atoms with Crippen molar-refractivity contribution in [2.45, 2.75) is 13.3 Å². The van der Waals surface area contributed by atoms with E-state index < -0.39 is 5.56 Å². The van der Waals surface area contributed by atoms with Gasteiger partial charge in [0.15, 0.2) is 5.11 Å². The third-order valence-electron chi connectivity index (χ3n) is 2.77. The van der Waals surface area contributed by atoms with Crippen molar-refractivity contribution in [3.05, 3.63) is 40.2 Å². The molecule has 1 heterocycles. The second kappa shape index (κ2) is 6.29. The van der Waals surface area contributed by atoms with Gasteiger partial charge in [-0.2, -0.15) is 0 Å². The topological polar surface area (TPSA) is 77.5 Å². The predicted molar refractivity (Wildman–Crippen MR) is 84.7 cm³/mol. The molecule has 0 aliphatic carbocycles. The third-order valence-corrected chi connectivity index (χ3v) is 3.02. The van der Waals surface area contributed by atoms with Crippen LogP contribution in [0.2, 0.25) is 0 Å². The first-order valence-corrected chi connectivity index (χ1v) is 6.70. The zero-order chi connectivity index (χ0) is 14.5. The van der Waals surface area contributed by atoms with E-state index >= 15 is 0 Å². The van der Waals surface area contributed by atoms with Gasteiger partial charge in [-0.25, -0.2) is 4.99 Å². The van der Waals surface area contributed by atoms with Gasteiger partial charge in [-0.1, -0.05) is 19.1 Å². The lowest BCUT2D eigenvalue weighted by Gasteiger charge is -2.04. The van der Waals surface area contributed by atoms with Gasteiger partial charge in [0, 0.05) is 18.1 Å². The van der Waals surface area contributed by atoms with Crippen LogP contribution in [0.15, 0.2) is 34.1 Å². The van der Waals surface area contributed by atoms with Crippen molar-refractivity contribution in [3.63, 3.8) is 0 Å². The molecule has 0 spiro atoms. The van der Waals surface area contributed by atoms with Crippen LogP contribution in [0.3, 0.4) is 0 Å². The maximum atomic E-state index is 11.9. The number of aromatic amines is 1. The van der Waals surface area contributed by atoms with Gasteiger partial charge in [0.2, 0.25) is 0 Å². The van der Waals surface area contributed by atoms with E-state index in [9.17, 15) is 9.90 Å². The van der Waals surface area contributed by atoms with Crippen molar-refractivity contribution in [1.82, 2.24) is 10.3 Å². The van der Waals surface area contributed by atoms with E-state index in [1.54, 1.807) is 24.3 Å². The summed E-state index contributed by atoms with van der Waals surface area (Å²) >= 11 is 5.00. The van der Waals surface area contributed by atoms with Crippen LogP contribution in [0.4, 0.5) is 0 Å². The largest absolute Gasteiger partial charge is 0.506 e. The molecule has 2 aromatic rings. The number of hydrogen-bond donors (Lipinski definition) is 3. The second-order valence-corrected chi connectivity index (χ2v) is 4.64. The highest BCUT2D eigenvalue weighted by atomic mass is 32.1. The summed E-state index contributed by atoms with van der Waals surface area (Å²) in [7, 11) is 0. The fraction of sp³-hybridized carbons (Fsp3) is 0.214. The highest BCUT2D eigenvalue weighted by Gasteiger charge is 2.09. The lowest BCUT2D eigenvalue weighted by atomic mass is 10.1. The molecule has 0 atom stereocenters. The molecule has 0 aliphatic rings. The SMILES string of the molecule is CCCNC(=S)N=Cc1c(O)c2ccccc2[nH]c1=O. The molecule has 5 nitrogen and oxygen atoms in total. The quantitative estimate of drug-likeness (QED) is 0.596. The van der Waals surface area contributed by atoms with Gasteiger partial charge < -0.3 is 15.4 Å². The van der Waals surface area contributed by atoms with Gasteiger partial charge in [0.05, 0.1) is 5.52 Å². The van der Waals surface area contributed by atoms with E-state index in [1.807, 2.05) is 6.92 Å². The molecule has 2 rings (SSSR count). The number of H-pyrrole nitrogens is 1. The Morgan fingerprint density at radius 3 is 3.00 bits per heavy atom. The molecule has 1 aromatic carbocycles. The first-order valence-electron chi connectivity index (χ1n) is 6.29. The summed E-state index contributed by atoms with van der Waals surface area (Å²) in [5, 5.41) is 13.9. The zero-order valence-corrected chi connectivity index (χ0v) is 11.8. The Morgan fingerprint density at radius 1 is 1.50 bits per heavy atom. The second-order valence-electron chi connectivity index (χ2n) is 4.25. The van der Waals surface area contributed by atoms with Gasteiger partial charge in [-0.15, -0.1) is 0 Å². The molecule has 0 aliphatic heterocycles. The van der Waals surface area contributed by atoms with E-state index in [4.69, 9.17) is 12.2 Å². The molecule has 0 bridgehead atoms. The number of para-hydroxylation sites is 1. The molecule has 0 unspecified atom stereocenters. The van der Waals surface area contributed by atoms with Crippen LogP contribution < -0.4 is 10.9 Å². The smallest absolute Gasteiger partial charge is 0.261 e. The highest BCUT2D eigenvalue weighted by molar-refractivity contribution is 7.80. The van der Waals surface area contributed by atoms with Crippen LogP contribution in [0.25, 0.3) is 10.9 Å². The van der Waals surface area contributed by atoms with Gasteiger partial charge in [-0.05, 0) is 30.8 Å². The standard InChI is InChI=1S/C14H15N3O2S/c1-2-7-15-14(20)16-8-10-12(18)9-5-3-4-6-11(9)17-13(10)19/h3-6,8H,2,7H2,1H3,(H,15,20)(H2,17,18,19). The maximum absolute atomic E-state index is 11.9. The number of thiocarbonyl (C=S) groups is 1. The molecule has 0 amide bonds. The zero-order valence-electron chi connectivity index (χ0n) is 11.0. The number of hydrogen-bond acceptors (Lipinski definition) is 3. The monoisotopic (exact) mass is 289 g/mol. The van der Waals surface area contributed by atoms with Crippen molar-refractivity contribution in [1.29, 1.82) is 0 Å². The average Bonchev–Trinajstić information content (AvgIpc) is 2.45. The molecular weight excluding hydrogens is 274 g/mol. The molecule has 3 N–H and O–H groups in total. The predicted octanol–water partition coefficient (Wildman–Crippen LogP) is 1.94. The lowest BCUT2D eigenvalue weighted by Crippen LogP contribution is -2.21. The number of aromatic nitrogens is 1. The van der Waals surface area contributed by atoms with E-state index in [-0.39, 0.29) is 11.3 Å². The van der Waals surface area contributed by atoms with Crippen molar-refractivity contribution in [2.24, 2.45) is 4.99 Å². The van der Waals surface area contributed by atoms with Crippen LogP contribution in [0, 0.1) is 0 Å². The normalized spacial score (nSPS) is 11.1. The van der Waals surface area contributed by atoms with Crippen LogP contribution in [-0.4, -0.2) is 28.0 Å². The summed E-state index contributed by atoms with van der Waals surface area (Å²) in [5.41, 5.74) is 0.284. The van der Waals surface area contributed by atoms with Crippen LogP contribution >= 0.6 is 12.2 Å². The molecule has 0 saturated heterocycles. The number of pyridine rings is 1. The summed E-state index contributed by atoms with van der Waals surface area (Å²) in [6, 6.07) is 7.03. The Balaban J connectivity index is 2.37. The Labute approximate surface area is 121 Å². The van der Waals surface area contributed by atoms with Gasteiger partial charge >= 0.3 is 0 Å². The number of aliphatic imine (C=N–C) groups is 1. The summed E-state index contributed by atoms with van der Waals surface area (Å²) in [4.78, 5) is 18.6. The minimum Gasteiger partial charge on any atom is -0.506 e. The van der Waals surface area contributed by atoms with E-state index in [1.165, 1.54) is 6.21 Å². The summed E-state index contributed by atoms with van der Waals surface area (Å²) in [5.74, 6) is -0.0913. The van der Waals surface area contributed by atoms with Crippen LogP contribution in [0.5, 0.6) is 5.75 Å². The molecule has 0 fully saturated rings.